The van der Waals surface area contributed by atoms with Crippen molar-refractivity contribution in [1.82, 2.24) is 14.7 Å². The van der Waals surface area contributed by atoms with Crippen molar-refractivity contribution in [1.29, 1.82) is 0 Å². The summed E-state index contributed by atoms with van der Waals surface area (Å²) in [6, 6.07) is 6.91. The van der Waals surface area contributed by atoms with Gasteiger partial charge in [-0.05, 0) is 57.2 Å². The Hall–Kier alpha value is -1.43. The van der Waals surface area contributed by atoms with Crippen LogP contribution in [0.15, 0.2) is 18.2 Å². The van der Waals surface area contributed by atoms with E-state index in [0.717, 1.165) is 64.1 Å². The van der Waals surface area contributed by atoms with Crippen LogP contribution in [0.1, 0.15) is 36.0 Å². The number of amides is 1. The van der Waals surface area contributed by atoms with Crippen LogP contribution in [-0.4, -0.2) is 84.7 Å². The number of piperazine rings is 1. The third kappa shape index (κ3) is 5.34. The summed E-state index contributed by atoms with van der Waals surface area (Å²) in [6.45, 7) is 10.6. The Labute approximate surface area is 170 Å². The second-order valence-corrected chi connectivity index (χ2v) is 8.77. The number of carbonyl (C=O) groups excluding carboxylic acids is 1. The van der Waals surface area contributed by atoms with Crippen molar-refractivity contribution in [3.63, 3.8) is 0 Å². The predicted molar refractivity (Wildman–Crippen MR) is 113 cm³/mol. The van der Waals surface area contributed by atoms with E-state index in [-0.39, 0.29) is 12.5 Å². The summed E-state index contributed by atoms with van der Waals surface area (Å²) < 4.78 is 0. The molecule has 0 unspecified atom stereocenters. The number of hydrogen-bond donors (Lipinski definition) is 1. The summed E-state index contributed by atoms with van der Waals surface area (Å²) in [5.74, 6) is 0.714. The van der Waals surface area contributed by atoms with Crippen molar-refractivity contribution in [2.75, 3.05) is 52.9 Å². The average Bonchev–Trinajstić information content (AvgIpc) is 2.69. The number of aliphatic hydroxyl groups excluding tert-OH is 1. The minimum absolute atomic E-state index is 0.238. The monoisotopic (exact) mass is 387 g/mol. The Balaban J connectivity index is 1.64. The molecular formula is C23H37N3O2. The lowest BCUT2D eigenvalue weighted by Crippen LogP contribution is -2.57. The predicted octanol–water partition coefficient (Wildman–Crippen LogP) is 2.08. The first kappa shape index (κ1) is 21.3. The molecule has 1 aromatic rings. The minimum Gasteiger partial charge on any atom is -0.396 e. The van der Waals surface area contributed by atoms with Gasteiger partial charge in [0.15, 0.2) is 0 Å². The van der Waals surface area contributed by atoms with Crippen LogP contribution in [0.25, 0.3) is 0 Å². The fourth-order valence-electron chi connectivity index (χ4n) is 4.78. The molecule has 28 heavy (non-hydrogen) atoms. The number of likely N-dealkylation sites (N-methyl/N-ethyl adjacent to an activating group) is 1. The standard InChI is InChI=1S/C23H37N3O2/c1-18-6-7-19(2)21(15-18)16-23(28)26-9-8-22(20(17-26)5-4-14-27)25-12-10-24(3)11-13-25/h6-7,15,20,22,27H,4-5,8-14,16-17H2,1-3H3/t20-,22+/m0/s1. The molecule has 2 aliphatic heterocycles. The van der Waals surface area contributed by atoms with Gasteiger partial charge in [-0.2, -0.15) is 0 Å². The molecule has 1 aromatic carbocycles. The van der Waals surface area contributed by atoms with Crippen molar-refractivity contribution in [3.8, 4) is 0 Å². The van der Waals surface area contributed by atoms with Crippen molar-refractivity contribution in [2.24, 2.45) is 5.92 Å². The summed E-state index contributed by atoms with van der Waals surface area (Å²) in [4.78, 5) is 20.1. The number of benzene rings is 1. The van der Waals surface area contributed by atoms with Crippen molar-refractivity contribution >= 4 is 5.91 Å². The van der Waals surface area contributed by atoms with Crippen LogP contribution in [-0.2, 0) is 11.2 Å². The maximum Gasteiger partial charge on any atom is 0.227 e. The quantitative estimate of drug-likeness (QED) is 0.812. The van der Waals surface area contributed by atoms with E-state index in [9.17, 15) is 9.90 Å². The molecule has 2 saturated heterocycles. The average molecular weight is 388 g/mol. The Morgan fingerprint density at radius 2 is 1.89 bits per heavy atom. The molecule has 0 saturated carbocycles. The Kier molecular flexibility index (Phi) is 7.49. The van der Waals surface area contributed by atoms with E-state index in [2.05, 4.69) is 53.8 Å². The van der Waals surface area contributed by atoms with Crippen molar-refractivity contribution < 1.29 is 9.90 Å². The maximum absolute atomic E-state index is 13.0. The van der Waals surface area contributed by atoms with E-state index < -0.39 is 0 Å². The molecule has 0 spiro atoms. The summed E-state index contributed by atoms with van der Waals surface area (Å²) in [5.41, 5.74) is 3.56. The van der Waals surface area contributed by atoms with Gasteiger partial charge in [-0.1, -0.05) is 23.8 Å². The van der Waals surface area contributed by atoms with Gasteiger partial charge in [0.1, 0.15) is 0 Å². The van der Waals surface area contributed by atoms with E-state index >= 15 is 0 Å². The van der Waals surface area contributed by atoms with E-state index in [0.29, 0.717) is 18.4 Å². The van der Waals surface area contributed by atoms with Gasteiger partial charge < -0.3 is 14.9 Å². The van der Waals surface area contributed by atoms with Crippen LogP contribution in [0.2, 0.25) is 0 Å². The molecule has 3 rings (SSSR count). The van der Waals surface area contributed by atoms with Gasteiger partial charge in [0.05, 0.1) is 6.42 Å². The number of hydrogen-bond acceptors (Lipinski definition) is 4. The summed E-state index contributed by atoms with van der Waals surface area (Å²) in [6.07, 6.45) is 3.38. The molecule has 0 radical (unpaired) electrons. The van der Waals surface area contributed by atoms with Crippen LogP contribution >= 0.6 is 0 Å². The second-order valence-electron chi connectivity index (χ2n) is 8.77. The fourth-order valence-corrected chi connectivity index (χ4v) is 4.78. The van der Waals surface area contributed by atoms with Crippen LogP contribution < -0.4 is 0 Å². The number of carbonyl (C=O) groups is 1. The normalized spacial score (nSPS) is 24.5. The summed E-state index contributed by atoms with van der Waals surface area (Å²) in [7, 11) is 2.19. The number of piperidine rings is 1. The molecule has 0 aromatic heterocycles. The van der Waals surface area contributed by atoms with E-state index in [1.54, 1.807) is 0 Å². The second kappa shape index (κ2) is 9.86. The number of rotatable bonds is 6. The van der Waals surface area contributed by atoms with Gasteiger partial charge in [0.2, 0.25) is 5.91 Å². The van der Waals surface area contributed by atoms with Crippen LogP contribution in [0.5, 0.6) is 0 Å². The molecule has 5 heteroatoms. The number of likely N-dealkylation sites (tertiary alicyclic amines) is 1. The summed E-state index contributed by atoms with van der Waals surface area (Å²) in [5, 5.41) is 9.35. The van der Waals surface area contributed by atoms with Gasteiger partial charge in [-0.3, -0.25) is 9.69 Å². The molecule has 0 bridgehead atoms. The van der Waals surface area contributed by atoms with Gasteiger partial charge in [-0.15, -0.1) is 0 Å². The lowest BCUT2D eigenvalue weighted by molar-refractivity contribution is -0.133. The third-order valence-corrected chi connectivity index (χ3v) is 6.63. The van der Waals surface area contributed by atoms with Gasteiger partial charge in [0.25, 0.3) is 0 Å². The molecule has 2 heterocycles. The lowest BCUT2D eigenvalue weighted by Gasteiger charge is -2.46. The van der Waals surface area contributed by atoms with Crippen molar-refractivity contribution in [3.05, 3.63) is 34.9 Å². The Morgan fingerprint density at radius 1 is 1.14 bits per heavy atom. The van der Waals surface area contributed by atoms with E-state index in [1.807, 2.05) is 0 Å². The molecule has 2 atom stereocenters. The molecular weight excluding hydrogens is 350 g/mol. The smallest absolute Gasteiger partial charge is 0.227 e. The maximum atomic E-state index is 13.0. The largest absolute Gasteiger partial charge is 0.396 e. The molecule has 5 nitrogen and oxygen atoms in total. The zero-order valence-corrected chi connectivity index (χ0v) is 17.9. The summed E-state index contributed by atoms with van der Waals surface area (Å²) >= 11 is 0. The zero-order chi connectivity index (χ0) is 20.1. The van der Waals surface area contributed by atoms with Crippen LogP contribution in [0.4, 0.5) is 0 Å². The van der Waals surface area contributed by atoms with Gasteiger partial charge >= 0.3 is 0 Å². The Bertz CT molecular complexity index is 655. The molecule has 1 amide bonds. The highest BCUT2D eigenvalue weighted by Crippen LogP contribution is 2.27. The minimum atomic E-state index is 0.238. The molecule has 2 aliphatic rings. The van der Waals surface area contributed by atoms with E-state index in [4.69, 9.17) is 0 Å². The molecule has 1 N–H and O–H groups in total. The first-order valence-corrected chi connectivity index (χ1v) is 10.8. The fraction of sp³-hybridized carbons (Fsp3) is 0.696. The van der Waals surface area contributed by atoms with Gasteiger partial charge in [0, 0.05) is 51.9 Å². The number of aryl methyl sites for hydroxylation is 2. The number of nitrogens with zero attached hydrogens (tertiary/aromatic N) is 3. The highest BCUT2D eigenvalue weighted by molar-refractivity contribution is 5.79. The topological polar surface area (TPSA) is 47.0 Å². The lowest BCUT2D eigenvalue weighted by atomic mass is 9.86. The molecule has 0 aliphatic carbocycles. The molecule has 2 fully saturated rings. The van der Waals surface area contributed by atoms with Crippen molar-refractivity contribution in [2.45, 2.75) is 45.6 Å². The van der Waals surface area contributed by atoms with Crippen LogP contribution in [0.3, 0.4) is 0 Å². The zero-order valence-electron chi connectivity index (χ0n) is 17.9. The van der Waals surface area contributed by atoms with Gasteiger partial charge in [-0.25, -0.2) is 0 Å². The third-order valence-electron chi connectivity index (χ3n) is 6.63. The highest BCUT2D eigenvalue weighted by Gasteiger charge is 2.35. The van der Waals surface area contributed by atoms with E-state index in [1.165, 1.54) is 11.1 Å². The highest BCUT2D eigenvalue weighted by atomic mass is 16.3. The Morgan fingerprint density at radius 3 is 2.61 bits per heavy atom. The first-order valence-electron chi connectivity index (χ1n) is 10.8. The number of aliphatic hydroxyl groups is 1. The molecule has 156 valence electrons. The van der Waals surface area contributed by atoms with Crippen LogP contribution in [0, 0.1) is 19.8 Å². The SMILES string of the molecule is Cc1ccc(C)c(CC(=O)N2CC[C@@H](N3CCN(C)CC3)[C@@H](CCCO)C2)c1. The first-order chi connectivity index (χ1) is 13.5.